The van der Waals surface area contributed by atoms with Crippen LogP contribution in [-0.2, 0) is 9.47 Å². The number of aliphatic imine (C=N–C) groups is 1. The van der Waals surface area contributed by atoms with Gasteiger partial charge in [0.05, 0.1) is 25.9 Å². The Morgan fingerprint density at radius 1 is 1.20 bits per heavy atom. The molecule has 0 amide bonds. The zero-order chi connectivity index (χ0) is 20.9. The lowest BCUT2D eigenvalue weighted by molar-refractivity contribution is 0.0699. The predicted molar refractivity (Wildman–Crippen MR) is 135 cm³/mol. The zero-order valence-corrected chi connectivity index (χ0v) is 21.2. The molecule has 30 heavy (non-hydrogen) atoms. The first-order valence-corrected chi connectivity index (χ1v) is 10.7. The van der Waals surface area contributed by atoms with Gasteiger partial charge in [-0.15, -0.1) is 24.0 Å². The fraction of sp³-hybridized carbons (Fsp3) is 0.682. The van der Waals surface area contributed by atoms with Crippen LogP contribution >= 0.6 is 24.0 Å². The third-order valence-corrected chi connectivity index (χ3v) is 4.81. The lowest BCUT2D eigenvalue weighted by Gasteiger charge is -2.19. The van der Waals surface area contributed by atoms with E-state index < -0.39 is 0 Å². The van der Waals surface area contributed by atoms with Crippen LogP contribution in [0.5, 0.6) is 5.75 Å². The Morgan fingerprint density at radius 3 is 2.60 bits per heavy atom. The molecule has 1 fully saturated rings. The Hall–Kier alpha value is -1.10. The standard InChI is InChI=1S/C22H38N4O3.HI/c1-18(2)29-21-10-8-19(9-11-21)25-22(23-12-6-14-28-16-15-27-4)24-17-20-7-5-13-26(20)3;/h8-11,18,20H,5-7,12-17H2,1-4H3,(H2,23,24,25);1H. The van der Waals surface area contributed by atoms with Gasteiger partial charge in [-0.25, -0.2) is 0 Å². The van der Waals surface area contributed by atoms with Crippen molar-refractivity contribution in [2.24, 2.45) is 4.99 Å². The first kappa shape index (κ1) is 26.9. The molecule has 1 aliphatic heterocycles. The van der Waals surface area contributed by atoms with Crippen LogP contribution in [0.4, 0.5) is 5.69 Å². The number of hydrogen-bond acceptors (Lipinski definition) is 5. The summed E-state index contributed by atoms with van der Waals surface area (Å²) in [4.78, 5) is 7.22. The monoisotopic (exact) mass is 534 g/mol. The first-order chi connectivity index (χ1) is 14.1. The maximum Gasteiger partial charge on any atom is 0.195 e. The maximum absolute atomic E-state index is 5.72. The first-order valence-electron chi connectivity index (χ1n) is 10.7. The summed E-state index contributed by atoms with van der Waals surface area (Å²) in [6, 6.07) is 8.52. The maximum atomic E-state index is 5.72. The van der Waals surface area contributed by atoms with E-state index in [1.807, 2.05) is 38.1 Å². The molecule has 0 aliphatic carbocycles. The average molecular weight is 534 g/mol. The van der Waals surface area contributed by atoms with Crippen molar-refractivity contribution in [1.29, 1.82) is 0 Å². The largest absolute Gasteiger partial charge is 0.491 e. The normalized spacial score (nSPS) is 17.1. The summed E-state index contributed by atoms with van der Waals surface area (Å²) in [5.74, 6) is 1.68. The molecule has 1 heterocycles. The van der Waals surface area contributed by atoms with Gasteiger partial charge in [-0.3, -0.25) is 4.99 Å². The summed E-state index contributed by atoms with van der Waals surface area (Å²) in [5, 5.41) is 6.84. The Morgan fingerprint density at radius 2 is 1.97 bits per heavy atom. The summed E-state index contributed by atoms with van der Waals surface area (Å²) >= 11 is 0. The fourth-order valence-corrected chi connectivity index (χ4v) is 3.20. The van der Waals surface area contributed by atoms with Crippen molar-refractivity contribution in [2.45, 2.75) is 45.3 Å². The molecule has 7 nitrogen and oxygen atoms in total. The number of hydrogen-bond donors (Lipinski definition) is 2. The van der Waals surface area contributed by atoms with Gasteiger partial charge in [0.1, 0.15) is 5.75 Å². The average Bonchev–Trinajstić information content (AvgIpc) is 3.11. The van der Waals surface area contributed by atoms with Crippen LogP contribution in [0.1, 0.15) is 33.1 Å². The molecule has 2 N–H and O–H groups in total. The number of halogens is 1. The number of likely N-dealkylation sites (tertiary alicyclic amines) is 1. The molecular weight excluding hydrogens is 495 g/mol. The van der Waals surface area contributed by atoms with E-state index in [-0.39, 0.29) is 30.1 Å². The highest BCUT2D eigenvalue weighted by molar-refractivity contribution is 14.0. The van der Waals surface area contributed by atoms with Crippen molar-refractivity contribution in [3.05, 3.63) is 24.3 Å². The van der Waals surface area contributed by atoms with Crippen molar-refractivity contribution in [3.63, 3.8) is 0 Å². The van der Waals surface area contributed by atoms with E-state index in [2.05, 4.69) is 22.6 Å². The smallest absolute Gasteiger partial charge is 0.195 e. The lowest BCUT2D eigenvalue weighted by Crippen LogP contribution is -2.34. The summed E-state index contributed by atoms with van der Waals surface area (Å²) in [5.41, 5.74) is 0.989. The highest BCUT2D eigenvalue weighted by atomic mass is 127. The molecule has 2 rings (SSSR count). The molecule has 8 heteroatoms. The molecule has 0 bridgehead atoms. The number of nitrogens with zero attached hydrogens (tertiary/aromatic N) is 2. The number of nitrogens with one attached hydrogen (secondary N) is 2. The van der Waals surface area contributed by atoms with Gasteiger partial charge in [0, 0.05) is 32.0 Å². The van der Waals surface area contributed by atoms with E-state index in [1.54, 1.807) is 7.11 Å². The molecule has 1 aliphatic rings. The van der Waals surface area contributed by atoms with Crippen LogP contribution in [0.3, 0.4) is 0 Å². The molecule has 1 atom stereocenters. The fourth-order valence-electron chi connectivity index (χ4n) is 3.20. The van der Waals surface area contributed by atoms with Gasteiger partial charge in [0.2, 0.25) is 0 Å². The molecule has 1 aromatic carbocycles. The Balaban J connectivity index is 0.00000450. The third-order valence-electron chi connectivity index (χ3n) is 4.81. The number of likely N-dealkylation sites (N-methyl/N-ethyl adjacent to an activating group) is 1. The minimum absolute atomic E-state index is 0. The molecule has 0 saturated carbocycles. The van der Waals surface area contributed by atoms with Crippen LogP contribution in [0.2, 0.25) is 0 Å². The van der Waals surface area contributed by atoms with Crippen LogP contribution in [0, 0.1) is 0 Å². The van der Waals surface area contributed by atoms with Gasteiger partial charge < -0.3 is 29.7 Å². The van der Waals surface area contributed by atoms with Gasteiger partial charge in [0.15, 0.2) is 5.96 Å². The molecule has 0 radical (unpaired) electrons. The van der Waals surface area contributed by atoms with E-state index in [4.69, 9.17) is 19.2 Å². The highest BCUT2D eigenvalue weighted by Crippen LogP contribution is 2.17. The lowest BCUT2D eigenvalue weighted by atomic mass is 10.2. The van der Waals surface area contributed by atoms with Crippen molar-refractivity contribution in [3.8, 4) is 5.75 Å². The SMILES string of the molecule is COCCOCCCNC(=NCC1CCCN1C)Nc1ccc(OC(C)C)cc1.I. The molecule has 1 aromatic rings. The number of guanidine groups is 1. The number of benzene rings is 1. The zero-order valence-electron chi connectivity index (χ0n) is 18.9. The second kappa shape index (κ2) is 15.7. The van der Waals surface area contributed by atoms with Gasteiger partial charge in [-0.2, -0.15) is 0 Å². The molecule has 0 aromatic heterocycles. The van der Waals surface area contributed by atoms with Crippen LogP contribution in [-0.4, -0.2) is 76.6 Å². The summed E-state index contributed by atoms with van der Waals surface area (Å²) < 4.78 is 16.2. The van der Waals surface area contributed by atoms with E-state index in [1.165, 1.54) is 12.8 Å². The summed E-state index contributed by atoms with van der Waals surface area (Å²) in [6.07, 6.45) is 3.54. The van der Waals surface area contributed by atoms with Crippen molar-refractivity contribution < 1.29 is 14.2 Å². The van der Waals surface area contributed by atoms with Gasteiger partial charge in [-0.05, 0) is 71.0 Å². The molecule has 0 spiro atoms. The number of methoxy groups -OCH3 is 1. The van der Waals surface area contributed by atoms with E-state index in [9.17, 15) is 0 Å². The minimum atomic E-state index is 0. The molecule has 1 unspecified atom stereocenters. The van der Waals surface area contributed by atoms with Gasteiger partial charge >= 0.3 is 0 Å². The Kier molecular flexibility index (Phi) is 14.1. The third kappa shape index (κ3) is 10.8. The minimum Gasteiger partial charge on any atom is -0.491 e. The number of anilines is 1. The predicted octanol–water partition coefficient (Wildman–Crippen LogP) is 3.60. The van der Waals surface area contributed by atoms with Crippen molar-refractivity contribution in [2.75, 3.05) is 58.9 Å². The Labute approximate surface area is 199 Å². The molecule has 1 saturated heterocycles. The van der Waals surface area contributed by atoms with Gasteiger partial charge in [0.25, 0.3) is 0 Å². The second-order valence-corrected chi connectivity index (χ2v) is 7.67. The van der Waals surface area contributed by atoms with Crippen molar-refractivity contribution >= 4 is 35.6 Å². The van der Waals surface area contributed by atoms with Gasteiger partial charge in [-0.1, -0.05) is 0 Å². The summed E-state index contributed by atoms with van der Waals surface area (Å²) in [6.45, 7) is 8.78. The number of rotatable bonds is 12. The second-order valence-electron chi connectivity index (χ2n) is 7.67. The summed E-state index contributed by atoms with van der Waals surface area (Å²) in [7, 11) is 3.86. The molecule has 172 valence electrons. The topological polar surface area (TPSA) is 67.4 Å². The highest BCUT2D eigenvalue weighted by Gasteiger charge is 2.20. The van der Waals surface area contributed by atoms with Crippen LogP contribution < -0.4 is 15.4 Å². The van der Waals surface area contributed by atoms with Crippen LogP contribution in [0.25, 0.3) is 0 Å². The quantitative estimate of drug-likeness (QED) is 0.185. The number of ether oxygens (including phenoxy) is 3. The van der Waals surface area contributed by atoms with E-state index in [0.29, 0.717) is 25.9 Å². The molecular formula is C22H39IN4O3. The van der Waals surface area contributed by atoms with E-state index in [0.717, 1.165) is 43.5 Å². The van der Waals surface area contributed by atoms with Crippen molar-refractivity contribution in [1.82, 2.24) is 10.2 Å². The van der Waals surface area contributed by atoms with E-state index >= 15 is 0 Å². The Bertz CT molecular complexity index is 599. The van der Waals surface area contributed by atoms with Crippen LogP contribution in [0.15, 0.2) is 29.3 Å².